The van der Waals surface area contributed by atoms with Gasteiger partial charge < -0.3 is 20.2 Å². The number of hydrogen-bond donors (Lipinski definition) is 2. The molecule has 174 valence electrons. The Morgan fingerprint density at radius 3 is 2.15 bits per heavy atom. The first kappa shape index (κ1) is 23.1. The van der Waals surface area contributed by atoms with Crippen molar-refractivity contribution in [2.24, 2.45) is 0 Å². The van der Waals surface area contributed by atoms with Gasteiger partial charge in [-0.2, -0.15) is 0 Å². The second-order valence-corrected chi connectivity index (χ2v) is 8.79. The Labute approximate surface area is 197 Å². The van der Waals surface area contributed by atoms with E-state index in [0.717, 1.165) is 31.6 Å². The molecule has 2 aliphatic rings. The van der Waals surface area contributed by atoms with Crippen molar-refractivity contribution in [3.8, 4) is 0 Å². The Bertz CT molecular complexity index is 1030. The van der Waals surface area contributed by atoms with Crippen LogP contribution in [0.25, 0.3) is 0 Å². The van der Waals surface area contributed by atoms with E-state index in [9.17, 15) is 19.5 Å². The van der Waals surface area contributed by atoms with E-state index in [1.807, 2.05) is 4.90 Å². The zero-order chi connectivity index (χ0) is 23.4. The van der Waals surface area contributed by atoms with E-state index < -0.39 is 5.97 Å². The van der Waals surface area contributed by atoms with Gasteiger partial charge in [0, 0.05) is 49.9 Å². The lowest BCUT2D eigenvalue weighted by atomic mass is 10.1. The molecule has 2 aromatic rings. The number of rotatable bonds is 6. The third kappa shape index (κ3) is 5.64. The van der Waals surface area contributed by atoms with Gasteiger partial charge in [0.2, 0.25) is 5.91 Å². The third-order valence-corrected chi connectivity index (χ3v) is 6.38. The molecule has 2 amide bonds. The quantitative estimate of drug-likeness (QED) is 0.674. The van der Waals surface area contributed by atoms with Crippen LogP contribution in [-0.2, 0) is 4.79 Å². The molecule has 0 spiro atoms. The van der Waals surface area contributed by atoms with Crippen LogP contribution < -0.4 is 10.2 Å². The van der Waals surface area contributed by atoms with Crippen LogP contribution >= 0.6 is 11.6 Å². The van der Waals surface area contributed by atoms with E-state index in [1.165, 1.54) is 6.07 Å². The van der Waals surface area contributed by atoms with Crippen LogP contribution in [0.4, 0.5) is 11.4 Å². The van der Waals surface area contributed by atoms with Gasteiger partial charge in [-0.1, -0.05) is 11.6 Å². The van der Waals surface area contributed by atoms with Crippen molar-refractivity contribution in [1.29, 1.82) is 0 Å². The largest absolute Gasteiger partial charge is 0.478 e. The first-order valence-electron chi connectivity index (χ1n) is 11.1. The van der Waals surface area contributed by atoms with Crippen molar-refractivity contribution < 1.29 is 19.5 Å². The Morgan fingerprint density at radius 2 is 1.52 bits per heavy atom. The molecule has 0 radical (unpaired) electrons. The highest BCUT2D eigenvalue weighted by Gasteiger charge is 2.25. The molecule has 9 heteroatoms. The van der Waals surface area contributed by atoms with Crippen molar-refractivity contribution in [1.82, 2.24) is 9.80 Å². The maximum atomic E-state index is 12.8. The highest BCUT2D eigenvalue weighted by Crippen LogP contribution is 2.29. The number of amides is 2. The van der Waals surface area contributed by atoms with Crippen molar-refractivity contribution >= 4 is 40.8 Å². The number of carboxylic acid groups (broad SMARTS) is 1. The summed E-state index contributed by atoms with van der Waals surface area (Å²) in [7, 11) is 0. The number of carbonyl (C=O) groups is 3. The number of carbonyl (C=O) groups excluding carboxylic acids is 2. The maximum absolute atomic E-state index is 12.8. The number of anilines is 2. The Balaban J connectivity index is 1.45. The fourth-order valence-corrected chi connectivity index (χ4v) is 4.37. The lowest BCUT2D eigenvalue weighted by molar-refractivity contribution is -0.131. The summed E-state index contributed by atoms with van der Waals surface area (Å²) in [6.45, 7) is 4.89. The van der Waals surface area contributed by atoms with E-state index in [2.05, 4.69) is 15.1 Å². The monoisotopic (exact) mass is 470 g/mol. The standard InChI is InChI=1S/C24H27ClN4O4/c25-19-6-3-17(4-7-19)23(31)26-20-15-18(24(32)33)5-8-21(20)28-13-11-27(12-14-28)16-22(30)29-9-1-2-10-29/h3-8,15H,1-2,9-14,16H2,(H,26,31)(H,32,33). The predicted molar refractivity (Wildman–Crippen MR) is 127 cm³/mol. The lowest BCUT2D eigenvalue weighted by Gasteiger charge is -2.37. The summed E-state index contributed by atoms with van der Waals surface area (Å²) in [6, 6.07) is 11.3. The van der Waals surface area contributed by atoms with Gasteiger partial charge in [-0.05, 0) is 55.3 Å². The molecule has 0 saturated carbocycles. The van der Waals surface area contributed by atoms with E-state index in [0.29, 0.717) is 49.0 Å². The van der Waals surface area contributed by atoms with Gasteiger partial charge in [0.25, 0.3) is 5.91 Å². The van der Waals surface area contributed by atoms with Gasteiger partial charge >= 0.3 is 5.97 Å². The number of nitrogens with zero attached hydrogens (tertiary/aromatic N) is 3. The lowest BCUT2D eigenvalue weighted by Crippen LogP contribution is -2.50. The van der Waals surface area contributed by atoms with E-state index in [4.69, 9.17) is 11.6 Å². The summed E-state index contributed by atoms with van der Waals surface area (Å²) in [5.41, 5.74) is 1.72. The molecule has 2 aliphatic heterocycles. The van der Waals surface area contributed by atoms with Crippen molar-refractivity contribution in [2.75, 3.05) is 56.0 Å². The van der Waals surface area contributed by atoms with Crippen LogP contribution in [0.15, 0.2) is 42.5 Å². The SMILES string of the molecule is O=C(O)c1ccc(N2CCN(CC(=O)N3CCCC3)CC2)c(NC(=O)c2ccc(Cl)cc2)c1. The fraction of sp³-hybridized carbons (Fsp3) is 0.375. The minimum Gasteiger partial charge on any atom is -0.478 e. The summed E-state index contributed by atoms with van der Waals surface area (Å²) in [5.74, 6) is -1.22. The first-order valence-corrected chi connectivity index (χ1v) is 11.5. The number of halogens is 1. The second kappa shape index (κ2) is 10.2. The van der Waals surface area contributed by atoms with Crippen LogP contribution in [0.5, 0.6) is 0 Å². The molecule has 0 aliphatic carbocycles. The minimum atomic E-state index is -1.06. The summed E-state index contributed by atoms with van der Waals surface area (Å²) in [6.07, 6.45) is 2.16. The van der Waals surface area contributed by atoms with E-state index >= 15 is 0 Å². The number of nitrogens with one attached hydrogen (secondary N) is 1. The smallest absolute Gasteiger partial charge is 0.335 e. The number of hydrogen-bond acceptors (Lipinski definition) is 5. The fourth-order valence-electron chi connectivity index (χ4n) is 4.25. The highest BCUT2D eigenvalue weighted by atomic mass is 35.5. The summed E-state index contributed by atoms with van der Waals surface area (Å²) < 4.78 is 0. The third-order valence-electron chi connectivity index (χ3n) is 6.13. The number of carboxylic acids is 1. The molecular formula is C24H27ClN4O4. The van der Waals surface area contributed by atoms with Crippen LogP contribution in [0.1, 0.15) is 33.6 Å². The topological polar surface area (TPSA) is 93.2 Å². The summed E-state index contributed by atoms with van der Waals surface area (Å²) in [5, 5.41) is 12.8. The normalized spacial score (nSPS) is 16.6. The molecule has 2 N–H and O–H groups in total. The van der Waals surface area contributed by atoms with Gasteiger partial charge in [0.05, 0.1) is 23.5 Å². The molecule has 33 heavy (non-hydrogen) atoms. The number of likely N-dealkylation sites (tertiary alicyclic amines) is 1. The summed E-state index contributed by atoms with van der Waals surface area (Å²) in [4.78, 5) is 42.9. The van der Waals surface area contributed by atoms with Crippen molar-refractivity contribution in [3.63, 3.8) is 0 Å². The van der Waals surface area contributed by atoms with Crippen LogP contribution in [0, 0.1) is 0 Å². The summed E-state index contributed by atoms with van der Waals surface area (Å²) >= 11 is 5.91. The second-order valence-electron chi connectivity index (χ2n) is 8.35. The Morgan fingerprint density at radius 1 is 0.879 bits per heavy atom. The molecule has 2 fully saturated rings. The zero-order valence-electron chi connectivity index (χ0n) is 18.3. The number of piperazine rings is 1. The molecule has 2 aromatic carbocycles. The van der Waals surface area contributed by atoms with Gasteiger partial charge in [-0.15, -0.1) is 0 Å². The molecular weight excluding hydrogens is 444 g/mol. The molecule has 8 nitrogen and oxygen atoms in total. The van der Waals surface area contributed by atoms with Gasteiger partial charge in [-0.25, -0.2) is 4.79 Å². The average molecular weight is 471 g/mol. The number of benzene rings is 2. The first-order chi connectivity index (χ1) is 15.9. The average Bonchev–Trinajstić information content (AvgIpc) is 3.35. The number of aromatic carboxylic acids is 1. The zero-order valence-corrected chi connectivity index (χ0v) is 19.1. The molecule has 2 saturated heterocycles. The van der Waals surface area contributed by atoms with Gasteiger partial charge in [0.1, 0.15) is 0 Å². The molecule has 0 aromatic heterocycles. The Kier molecular flexibility index (Phi) is 7.15. The highest BCUT2D eigenvalue weighted by molar-refractivity contribution is 6.30. The van der Waals surface area contributed by atoms with Crippen molar-refractivity contribution in [3.05, 3.63) is 58.6 Å². The van der Waals surface area contributed by atoms with Crippen LogP contribution in [0.2, 0.25) is 5.02 Å². The predicted octanol–water partition coefficient (Wildman–Crippen LogP) is 3.03. The Hall–Kier alpha value is -3.10. The van der Waals surface area contributed by atoms with E-state index in [-0.39, 0.29) is 17.4 Å². The maximum Gasteiger partial charge on any atom is 0.335 e. The van der Waals surface area contributed by atoms with E-state index in [1.54, 1.807) is 36.4 Å². The van der Waals surface area contributed by atoms with Crippen molar-refractivity contribution in [2.45, 2.75) is 12.8 Å². The van der Waals surface area contributed by atoms with Gasteiger partial charge in [-0.3, -0.25) is 14.5 Å². The minimum absolute atomic E-state index is 0.0972. The molecule has 4 rings (SSSR count). The molecule has 0 atom stereocenters. The van der Waals surface area contributed by atoms with Gasteiger partial charge in [0.15, 0.2) is 0 Å². The van der Waals surface area contributed by atoms with Crippen LogP contribution in [0.3, 0.4) is 0 Å². The van der Waals surface area contributed by atoms with Crippen LogP contribution in [-0.4, -0.2) is 78.5 Å². The molecule has 0 bridgehead atoms. The molecule has 2 heterocycles. The molecule has 0 unspecified atom stereocenters.